The monoisotopic (exact) mass is 525 g/mol. The highest BCUT2D eigenvalue weighted by Gasteiger charge is 2.38. The number of hydrogen-bond acceptors (Lipinski definition) is 6. The van der Waals surface area contributed by atoms with E-state index >= 15 is 0 Å². The van der Waals surface area contributed by atoms with E-state index in [0.717, 1.165) is 11.3 Å². The fraction of sp³-hybridized carbons (Fsp3) is 0.474. The Kier molecular flexibility index (Phi) is 8.71. The Morgan fingerprint density at radius 1 is 1.30 bits per heavy atom. The van der Waals surface area contributed by atoms with Crippen LogP contribution >= 0.6 is 35.2 Å². The van der Waals surface area contributed by atoms with E-state index in [2.05, 4.69) is 15.7 Å². The summed E-state index contributed by atoms with van der Waals surface area (Å²) >= 11 is 12.1. The maximum Gasteiger partial charge on any atom is 0.436 e. The van der Waals surface area contributed by atoms with Crippen molar-refractivity contribution in [1.82, 2.24) is 20.0 Å². The average Bonchev–Trinajstić information content (AvgIpc) is 3.20. The van der Waals surface area contributed by atoms with Crippen LogP contribution in [0.5, 0.6) is 0 Å². The number of carbonyl (C=O) groups excluding carboxylic acids is 2. The highest BCUT2D eigenvalue weighted by Crippen LogP contribution is 2.36. The molecule has 0 unspecified atom stereocenters. The number of carbonyl (C=O) groups is 2. The van der Waals surface area contributed by atoms with Crippen LogP contribution in [0, 0.1) is 13.8 Å². The van der Waals surface area contributed by atoms with Crippen molar-refractivity contribution in [1.29, 1.82) is 0 Å². The molecule has 0 aliphatic rings. The van der Waals surface area contributed by atoms with E-state index in [4.69, 9.17) is 28.6 Å². The van der Waals surface area contributed by atoms with Crippen molar-refractivity contribution in [3.8, 4) is 0 Å². The van der Waals surface area contributed by atoms with Gasteiger partial charge in [0, 0.05) is 27.2 Å². The zero-order valence-electron chi connectivity index (χ0n) is 18.5. The second-order valence-electron chi connectivity index (χ2n) is 7.15. The summed E-state index contributed by atoms with van der Waals surface area (Å²) in [6.07, 6.45) is -4.23. The highest BCUT2D eigenvalue weighted by molar-refractivity contribution is 7.80. The number of halogens is 4. The summed E-state index contributed by atoms with van der Waals surface area (Å²) in [6, 6.07) is 0. The third-order valence-electron chi connectivity index (χ3n) is 4.60. The van der Waals surface area contributed by atoms with Crippen molar-refractivity contribution < 1.29 is 27.5 Å². The lowest BCUT2D eigenvalue weighted by Crippen LogP contribution is -2.30. The minimum absolute atomic E-state index is 0.177. The second kappa shape index (κ2) is 10.7. The number of nitrogens with one attached hydrogen (secondary N) is 2. The van der Waals surface area contributed by atoms with Crippen molar-refractivity contribution in [3.05, 3.63) is 32.4 Å². The molecule has 0 aromatic carbocycles. The molecule has 33 heavy (non-hydrogen) atoms. The van der Waals surface area contributed by atoms with E-state index < -0.39 is 22.9 Å². The fourth-order valence-corrected chi connectivity index (χ4v) is 4.59. The molecule has 0 saturated carbocycles. The number of thiocarbonyl (C=S) groups is 1. The van der Waals surface area contributed by atoms with Crippen LogP contribution in [0.1, 0.15) is 43.4 Å². The summed E-state index contributed by atoms with van der Waals surface area (Å²) in [7, 11) is 4.44. The van der Waals surface area contributed by atoms with Gasteiger partial charge in [0.25, 0.3) is 5.91 Å². The molecular formula is C19H23ClF3N5O3S2. The maximum absolute atomic E-state index is 12.9. The van der Waals surface area contributed by atoms with E-state index in [9.17, 15) is 22.8 Å². The molecule has 0 aliphatic carbocycles. The molecule has 2 aromatic heterocycles. The number of ether oxygens (including phenoxy) is 1. The molecule has 0 bridgehead atoms. The largest absolute Gasteiger partial charge is 0.465 e. The minimum Gasteiger partial charge on any atom is -0.465 e. The first-order chi connectivity index (χ1) is 15.3. The number of aromatic nitrogens is 2. The normalized spacial score (nSPS) is 11.3. The molecule has 0 spiro atoms. The Morgan fingerprint density at radius 3 is 2.45 bits per heavy atom. The summed E-state index contributed by atoms with van der Waals surface area (Å²) in [5.41, 5.74) is -0.210. The zero-order valence-corrected chi connectivity index (χ0v) is 20.9. The second-order valence-corrected chi connectivity index (χ2v) is 8.96. The molecule has 0 radical (unpaired) electrons. The first kappa shape index (κ1) is 26.9. The number of thiophene rings is 1. The molecule has 0 fully saturated rings. The van der Waals surface area contributed by atoms with Gasteiger partial charge >= 0.3 is 12.1 Å². The van der Waals surface area contributed by atoms with Gasteiger partial charge in [0.1, 0.15) is 5.00 Å². The number of alkyl halides is 3. The van der Waals surface area contributed by atoms with Crippen molar-refractivity contribution in [3.63, 3.8) is 0 Å². The lowest BCUT2D eigenvalue weighted by Gasteiger charge is -2.11. The predicted molar refractivity (Wildman–Crippen MR) is 124 cm³/mol. The Labute approximate surface area is 203 Å². The molecule has 182 valence electrons. The van der Waals surface area contributed by atoms with Crippen LogP contribution in [-0.2, 0) is 17.5 Å². The molecule has 8 nitrogen and oxygen atoms in total. The van der Waals surface area contributed by atoms with Crippen LogP contribution in [0.2, 0.25) is 5.02 Å². The van der Waals surface area contributed by atoms with Crippen LogP contribution in [0.15, 0.2) is 0 Å². The summed E-state index contributed by atoms with van der Waals surface area (Å²) in [6.45, 7) is 3.61. The van der Waals surface area contributed by atoms with Crippen LogP contribution < -0.4 is 10.6 Å². The fourth-order valence-electron chi connectivity index (χ4n) is 2.86. The Morgan fingerprint density at radius 2 is 1.94 bits per heavy atom. The first-order valence-corrected chi connectivity index (χ1v) is 11.2. The number of nitrogens with zero attached hydrogens (tertiary/aromatic N) is 3. The van der Waals surface area contributed by atoms with Crippen molar-refractivity contribution in [2.24, 2.45) is 0 Å². The van der Waals surface area contributed by atoms with Gasteiger partial charge < -0.3 is 20.3 Å². The number of hydrogen-bond donors (Lipinski definition) is 2. The quantitative estimate of drug-likeness (QED) is 0.320. The summed E-state index contributed by atoms with van der Waals surface area (Å²) in [5.74, 6) is -0.876. The maximum atomic E-state index is 12.9. The molecule has 2 rings (SSSR count). The van der Waals surface area contributed by atoms with Crippen molar-refractivity contribution >= 4 is 57.1 Å². The Bertz CT molecular complexity index is 1070. The summed E-state index contributed by atoms with van der Waals surface area (Å²) < 4.78 is 44.8. The molecule has 0 atom stereocenters. The summed E-state index contributed by atoms with van der Waals surface area (Å²) in [5, 5.41) is 9.48. The third-order valence-corrected chi connectivity index (χ3v) is 6.49. The van der Waals surface area contributed by atoms with E-state index in [0.29, 0.717) is 28.4 Å². The van der Waals surface area contributed by atoms with E-state index in [1.165, 1.54) is 23.6 Å². The molecule has 1 amide bonds. The minimum atomic E-state index is -4.63. The van der Waals surface area contributed by atoms with Gasteiger partial charge in [0.2, 0.25) is 0 Å². The van der Waals surface area contributed by atoms with Crippen LogP contribution in [0.4, 0.5) is 18.2 Å². The third kappa shape index (κ3) is 6.15. The van der Waals surface area contributed by atoms with Gasteiger partial charge in [-0.2, -0.15) is 18.3 Å². The van der Waals surface area contributed by atoms with Crippen LogP contribution in [0.25, 0.3) is 0 Å². The number of anilines is 1. The molecule has 14 heteroatoms. The SMILES string of the molecule is COC(=O)c1c(NC(=S)NCCCn2nc(C(F)(F)F)c(Cl)c2C)sc(C(=O)N(C)C)c1C. The van der Waals surface area contributed by atoms with Crippen molar-refractivity contribution in [2.75, 3.05) is 33.1 Å². The number of esters is 1. The predicted octanol–water partition coefficient (Wildman–Crippen LogP) is 4.10. The first-order valence-electron chi connectivity index (χ1n) is 9.57. The zero-order chi connectivity index (χ0) is 25.1. The number of rotatable bonds is 7. The molecule has 2 N–H and O–H groups in total. The molecule has 0 saturated heterocycles. The van der Waals surface area contributed by atoms with E-state index in [1.54, 1.807) is 21.0 Å². The Hall–Kier alpha value is -2.38. The number of amides is 1. The number of methoxy groups -OCH3 is 1. The lowest BCUT2D eigenvalue weighted by atomic mass is 10.1. The molecular weight excluding hydrogens is 503 g/mol. The lowest BCUT2D eigenvalue weighted by molar-refractivity contribution is -0.141. The van der Waals surface area contributed by atoms with Crippen LogP contribution in [-0.4, -0.2) is 59.4 Å². The van der Waals surface area contributed by atoms with Crippen molar-refractivity contribution in [2.45, 2.75) is 33.0 Å². The smallest absolute Gasteiger partial charge is 0.436 e. The Balaban J connectivity index is 2.04. The molecule has 2 aromatic rings. The van der Waals surface area contributed by atoms with Gasteiger partial charge in [-0.3, -0.25) is 9.48 Å². The average molecular weight is 526 g/mol. The van der Waals surface area contributed by atoms with Gasteiger partial charge in [-0.05, 0) is 38.0 Å². The highest BCUT2D eigenvalue weighted by atomic mass is 35.5. The summed E-state index contributed by atoms with van der Waals surface area (Å²) in [4.78, 5) is 26.4. The number of aryl methyl sites for hydroxylation is 1. The molecule has 2 heterocycles. The van der Waals surface area contributed by atoms with Gasteiger partial charge in [-0.15, -0.1) is 11.3 Å². The topological polar surface area (TPSA) is 88.5 Å². The van der Waals surface area contributed by atoms with Gasteiger partial charge in [-0.1, -0.05) is 11.6 Å². The van der Waals surface area contributed by atoms with Crippen LogP contribution in [0.3, 0.4) is 0 Å². The van der Waals surface area contributed by atoms with Gasteiger partial charge in [0.05, 0.1) is 28.3 Å². The van der Waals surface area contributed by atoms with E-state index in [1.807, 2.05) is 0 Å². The standard InChI is InChI=1S/C19H23ClF3N5O3S2/c1-9-11(17(30)31-5)15(33-13(9)16(29)27(3)4)25-18(32)24-7-6-8-28-10(2)12(20)14(26-28)19(21,22)23/h6-8H2,1-5H3,(H2,24,25,32). The van der Waals surface area contributed by atoms with E-state index in [-0.39, 0.29) is 28.8 Å². The molecule has 0 aliphatic heterocycles. The van der Waals surface area contributed by atoms with Gasteiger partial charge in [0.15, 0.2) is 10.8 Å². The van der Waals surface area contributed by atoms with Gasteiger partial charge in [-0.25, -0.2) is 4.79 Å².